The first-order valence-corrected chi connectivity index (χ1v) is 6.13. The van der Waals surface area contributed by atoms with E-state index in [2.05, 4.69) is 6.58 Å². The summed E-state index contributed by atoms with van der Waals surface area (Å²) in [7, 11) is 0. The van der Waals surface area contributed by atoms with Crippen molar-refractivity contribution in [3.8, 4) is 0 Å². The molecule has 0 aromatic rings. The van der Waals surface area contributed by atoms with Crippen LogP contribution >= 0.6 is 0 Å². The molecular weight excluding hydrogens is 234 g/mol. The highest BCUT2D eigenvalue weighted by atomic mass is 16.4. The molecule has 1 aliphatic rings. The van der Waals surface area contributed by atoms with Crippen LogP contribution in [0.15, 0.2) is 12.7 Å². The van der Waals surface area contributed by atoms with Crippen molar-refractivity contribution in [2.75, 3.05) is 0 Å². The lowest BCUT2D eigenvalue weighted by molar-refractivity contribution is -0.155. The molecular formula is C13H19NO4. The van der Waals surface area contributed by atoms with Crippen molar-refractivity contribution >= 4 is 17.8 Å². The third kappa shape index (κ3) is 2.17. The molecule has 18 heavy (non-hydrogen) atoms. The number of carboxylic acid groups (broad SMARTS) is 1. The number of aliphatic carboxylic acids is 1. The van der Waals surface area contributed by atoms with Crippen LogP contribution in [0.5, 0.6) is 0 Å². The van der Waals surface area contributed by atoms with Gasteiger partial charge in [-0.15, -0.1) is 6.58 Å². The van der Waals surface area contributed by atoms with Gasteiger partial charge in [0.2, 0.25) is 11.8 Å². The molecule has 1 saturated heterocycles. The molecule has 0 bridgehead atoms. The Morgan fingerprint density at radius 3 is 2.39 bits per heavy atom. The van der Waals surface area contributed by atoms with Gasteiger partial charge in [-0.05, 0) is 19.3 Å². The first-order valence-electron chi connectivity index (χ1n) is 6.13. The van der Waals surface area contributed by atoms with Crippen LogP contribution in [0, 0.1) is 5.41 Å². The van der Waals surface area contributed by atoms with Crippen LogP contribution in [0.3, 0.4) is 0 Å². The third-order valence-electron chi connectivity index (χ3n) is 3.77. The van der Waals surface area contributed by atoms with Crippen molar-refractivity contribution in [3.05, 3.63) is 12.7 Å². The number of carbonyl (C=O) groups excluding carboxylic acids is 2. The summed E-state index contributed by atoms with van der Waals surface area (Å²) in [6.45, 7) is 7.17. The highest BCUT2D eigenvalue weighted by molar-refractivity contribution is 6.08. The summed E-state index contributed by atoms with van der Waals surface area (Å²) in [4.78, 5) is 36.3. The van der Waals surface area contributed by atoms with Gasteiger partial charge in [-0.25, -0.2) is 4.79 Å². The number of rotatable bonds is 6. The van der Waals surface area contributed by atoms with Crippen molar-refractivity contribution in [1.29, 1.82) is 0 Å². The maximum Gasteiger partial charge on any atom is 0.327 e. The fraction of sp³-hybridized carbons (Fsp3) is 0.615. The van der Waals surface area contributed by atoms with E-state index in [9.17, 15) is 14.4 Å². The molecule has 0 aromatic carbocycles. The summed E-state index contributed by atoms with van der Waals surface area (Å²) in [6, 6.07) is -1.12. The average Bonchev–Trinajstić information content (AvgIpc) is 2.58. The van der Waals surface area contributed by atoms with E-state index in [1.54, 1.807) is 0 Å². The van der Waals surface area contributed by atoms with Gasteiger partial charge in [0.1, 0.15) is 6.04 Å². The molecule has 1 aliphatic heterocycles. The Kier molecular flexibility index (Phi) is 4.27. The molecule has 1 heterocycles. The summed E-state index contributed by atoms with van der Waals surface area (Å²) in [5.74, 6) is -1.91. The molecule has 1 N–H and O–H groups in total. The largest absolute Gasteiger partial charge is 0.480 e. The van der Waals surface area contributed by atoms with Gasteiger partial charge in [0, 0.05) is 6.42 Å². The van der Waals surface area contributed by atoms with Gasteiger partial charge in [-0.3, -0.25) is 14.5 Å². The lowest BCUT2D eigenvalue weighted by atomic mass is 9.81. The van der Waals surface area contributed by atoms with Crippen molar-refractivity contribution < 1.29 is 19.5 Å². The minimum Gasteiger partial charge on any atom is -0.480 e. The zero-order chi connectivity index (χ0) is 13.9. The predicted octanol–water partition coefficient (Wildman–Crippen LogP) is 1.58. The monoisotopic (exact) mass is 253 g/mol. The molecule has 2 amide bonds. The summed E-state index contributed by atoms with van der Waals surface area (Å²) in [5, 5.41) is 9.12. The lowest BCUT2D eigenvalue weighted by Crippen LogP contribution is -2.46. The Hall–Kier alpha value is -1.65. The van der Waals surface area contributed by atoms with Crippen molar-refractivity contribution in [3.63, 3.8) is 0 Å². The highest BCUT2D eigenvalue weighted by Crippen LogP contribution is 2.40. The minimum atomic E-state index is -1.17. The minimum absolute atomic E-state index is 0.0797. The van der Waals surface area contributed by atoms with Crippen LogP contribution in [-0.4, -0.2) is 33.8 Å². The van der Waals surface area contributed by atoms with E-state index in [1.807, 2.05) is 13.8 Å². The highest BCUT2D eigenvalue weighted by Gasteiger charge is 2.52. The molecule has 0 radical (unpaired) electrons. The molecule has 1 fully saturated rings. The Bertz CT molecular complexity index is 384. The van der Waals surface area contributed by atoms with Crippen LogP contribution < -0.4 is 0 Å². The van der Waals surface area contributed by atoms with Crippen LogP contribution in [-0.2, 0) is 14.4 Å². The number of carboxylic acids is 1. The van der Waals surface area contributed by atoms with Crippen molar-refractivity contribution in [2.45, 2.75) is 45.6 Å². The molecule has 5 nitrogen and oxygen atoms in total. The number of nitrogens with zero attached hydrogens (tertiary/aromatic N) is 1. The van der Waals surface area contributed by atoms with Crippen molar-refractivity contribution in [1.82, 2.24) is 4.90 Å². The first kappa shape index (κ1) is 14.4. The van der Waals surface area contributed by atoms with E-state index in [1.165, 1.54) is 6.08 Å². The van der Waals surface area contributed by atoms with Gasteiger partial charge in [0.05, 0.1) is 5.41 Å². The predicted molar refractivity (Wildman–Crippen MR) is 65.7 cm³/mol. The molecule has 100 valence electrons. The molecule has 1 unspecified atom stereocenters. The van der Waals surface area contributed by atoms with E-state index in [0.717, 1.165) is 4.90 Å². The quantitative estimate of drug-likeness (QED) is 0.576. The second-order valence-corrected chi connectivity index (χ2v) is 4.61. The fourth-order valence-corrected chi connectivity index (χ4v) is 2.41. The second-order valence-electron chi connectivity index (χ2n) is 4.61. The topological polar surface area (TPSA) is 74.7 Å². The zero-order valence-corrected chi connectivity index (χ0v) is 10.8. The number of imide groups is 1. The Labute approximate surface area is 106 Å². The number of hydrogen-bond donors (Lipinski definition) is 1. The molecule has 0 aromatic heterocycles. The van der Waals surface area contributed by atoms with Crippen LogP contribution in [0.1, 0.15) is 39.5 Å². The Morgan fingerprint density at radius 2 is 2.06 bits per heavy atom. The number of amides is 2. The van der Waals surface area contributed by atoms with Gasteiger partial charge in [0.15, 0.2) is 0 Å². The molecule has 5 heteroatoms. The van der Waals surface area contributed by atoms with E-state index < -0.39 is 23.3 Å². The van der Waals surface area contributed by atoms with Gasteiger partial charge in [-0.2, -0.15) is 0 Å². The van der Waals surface area contributed by atoms with Gasteiger partial charge in [0.25, 0.3) is 0 Å². The third-order valence-corrected chi connectivity index (χ3v) is 3.77. The number of carbonyl (C=O) groups is 3. The van der Waals surface area contributed by atoms with Gasteiger partial charge < -0.3 is 5.11 Å². The molecule has 0 aliphatic carbocycles. The van der Waals surface area contributed by atoms with Gasteiger partial charge in [-0.1, -0.05) is 19.9 Å². The zero-order valence-electron chi connectivity index (χ0n) is 10.8. The van der Waals surface area contributed by atoms with E-state index in [0.29, 0.717) is 12.8 Å². The smallest absolute Gasteiger partial charge is 0.327 e. The number of likely N-dealkylation sites (tertiary alicyclic amines) is 1. The normalized spacial score (nSPS) is 20.0. The fourth-order valence-electron chi connectivity index (χ4n) is 2.41. The van der Waals surface area contributed by atoms with E-state index in [4.69, 9.17) is 5.11 Å². The van der Waals surface area contributed by atoms with Crippen LogP contribution in [0.4, 0.5) is 0 Å². The maximum atomic E-state index is 12.3. The Morgan fingerprint density at radius 1 is 1.50 bits per heavy atom. The maximum absolute atomic E-state index is 12.3. The molecule has 1 atom stereocenters. The standard InChI is InChI=1S/C13H19NO4/c1-4-7-9(11(16)17)14-10(15)8-13(5-2,6-3)12(14)18/h4,9H,1,5-8H2,2-3H3,(H,16,17). The van der Waals surface area contributed by atoms with Crippen LogP contribution in [0.2, 0.25) is 0 Å². The van der Waals surface area contributed by atoms with Crippen LogP contribution in [0.25, 0.3) is 0 Å². The summed E-state index contributed by atoms with van der Waals surface area (Å²) < 4.78 is 0. The summed E-state index contributed by atoms with van der Waals surface area (Å²) >= 11 is 0. The van der Waals surface area contributed by atoms with Crippen molar-refractivity contribution in [2.24, 2.45) is 5.41 Å². The van der Waals surface area contributed by atoms with E-state index >= 15 is 0 Å². The molecule has 0 saturated carbocycles. The average molecular weight is 253 g/mol. The SMILES string of the molecule is C=CCC(C(=O)O)N1C(=O)CC(CC)(CC)C1=O. The Balaban J connectivity index is 3.10. The molecule has 1 rings (SSSR count). The first-order chi connectivity index (χ1) is 8.43. The number of hydrogen-bond acceptors (Lipinski definition) is 3. The lowest BCUT2D eigenvalue weighted by Gasteiger charge is -2.26. The second kappa shape index (κ2) is 5.33. The summed E-state index contributed by atoms with van der Waals surface area (Å²) in [5.41, 5.74) is -0.716. The molecule has 0 spiro atoms. The summed E-state index contributed by atoms with van der Waals surface area (Å²) in [6.07, 6.45) is 2.70. The van der Waals surface area contributed by atoms with E-state index in [-0.39, 0.29) is 18.7 Å². The van der Waals surface area contributed by atoms with Gasteiger partial charge >= 0.3 is 5.97 Å².